The molecule has 0 spiro atoms. The van der Waals surface area contributed by atoms with E-state index >= 15 is 0 Å². The van der Waals surface area contributed by atoms with E-state index in [1.54, 1.807) is 0 Å². The Hall–Kier alpha value is -5.65. The molecule has 0 bridgehead atoms. The van der Waals surface area contributed by atoms with Crippen LogP contribution < -0.4 is 16.4 Å². The Morgan fingerprint density at radius 3 is 0.979 bits per heavy atom. The molecule has 0 aliphatic heterocycles. The van der Waals surface area contributed by atoms with Gasteiger partial charge in [-0.2, -0.15) is 0 Å². The van der Waals surface area contributed by atoms with Gasteiger partial charge in [-0.05, 0) is 55.4 Å². The highest BCUT2D eigenvalue weighted by atomic mass is 79.9. The standard InChI is InChI=1S/C43H35BrN4/c44-38-31-39(47-42(32-19-7-1-8-20-32,33-21-9-2-10-22-33)34-23-11-3-12-24-34)46-41(40(38)45)48-43(35-25-13-4-14-26-35,36-27-15-5-16-28-36)37-29-17-6-18-30-37/h1-31H,45H2,(H2,46,47,48). The van der Waals surface area contributed by atoms with E-state index in [-0.39, 0.29) is 0 Å². The Kier molecular flexibility index (Phi) is 8.78. The molecular formula is C43H35BrN4. The first kappa shape index (κ1) is 31.0. The molecule has 4 nitrogen and oxygen atoms in total. The summed E-state index contributed by atoms with van der Waals surface area (Å²) in [5.41, 5.74) is 12.3. The van der Waals surface area contributed by atoms with E-state index in [2.05, 4.69) is 172 Å². The van der Waals surface area contributed by atoms with Crippen LogP contribution in [-0.4, -0.2) is 4.98 Å². The van der Waals surface area contributed by atoms with Crippen LogP contribution in [0.2, 0.25) is 0 Å². The maximum Gasteiger partial charge on any atom is 0.154 e. The van der Waals surface area contributed by atoms with E-state index < -0.39 is 11.1 Å². The van der Waals surface area contributed by atoms with Crippen LogP contribution in [0, 0.1) is 0 Å². The monoisotopic (exact) mass is 686 g/mol. The molecule has 0 amide bonds. The molecule has 0 atom stereocenters. The third-order valence-corrected chi connectivity index (χ3v) is 9.53. The van der Waals surface area contributed by atoms with Crippen LogP contribution in [-0.2, 0) is 11.1 Å². The number of hydrogen-bond acceptors (Lipinski definition) is 4. The molecule has 0 saturated carbocycles. The van der Waals surface area contributed by atoms with Crippen molar-refractivity contribution in [3.05, 3.63) is 226 Å². The van der Waals surface area contributed by atoms with Crippen molar-refractivity contribution in [3.8, 4) is 0 Å². The quantitative estimate of drug-likeness (QED) is 0.125. The predicted molar refractivity (Wildman–Crippen MR) is 202 cm³/mol. The normalized spacial score (nSPS) is 11.5. The van der Waals surface area contributed by atoms with Crippen LogP contribution in [0.4, 0.5) is 17.3 Å². The lowest BCUT2D eigenvalue weighted by Crippen LogP contribution is -2.40. The van der Waals surface area contributed by atoms with Gasteiger partial charge in [-0.1, -0.05) is 182 Å². The van der Waals surface area contributed by atoms with Crippen molar-refractivity contribution in [1.29, 1.82) is 0 Å². The molecule has 6 aromatic carbocycles. The predicted octanol–water partition coefficient (Wildman–Crippen LogP) is 10.2. The molecule has 7 rings (SSSR count). The van der Waals surface area contributed by atoms with Crippen LogP contribution in [0.25, 0.3) is 0 Å². The molecule has 0 radical (unpaired) electrons. The van der Waals surface area contributed by atoms with E-state index in [1.807, 2.05) is 42.5 Å². The summed E-state index contributed by atoms with van der Waals surface area (Å²) >= 11 is 3.80. The van der Waals surface area contributed by atoms with Gasteiger partial charge in [0.1, 0.15) is 16.9 Å². The first-order valence-corrected chi connectivity index (χ1v) is 16.8. The summed E-state index contributed by atoms with van der Waals surface area (Å²) in [6.45, 7) is 0. The van der Waals surface area contributed by atoms with Crippen LogP contribution >= 0.6 is 15.9 Å². The summed E-state index contributed by atoms with van der Waals surface area (Å²) < 4.78 is 0.730. The van der Waals surface area contributed by atoms with E-state index in [1.165, 1.54) is 0 Å². The maximum absolute atomic E-state index is 6.89. The molecule has 234 valence electrons. The zero-order chi connectivity index (χ0) is 32.8. The molecular weight excluding hydrogens is 652 g/mol. The van der Waals surface area contributed by atoms with Crippen molar-refractivity contribution in [2.45, 2.75) is 11.1 Å². The highest BCUT2D eigenvalue weighted by Gasteiger charge is 2.39. The number of pyridine rings is 1. The van der Waals surface area contributed by atoms with Gasteiger partial charge in [0.25, 0.3) is 0 Å². The minimum atomic E-state index is -0.807. The average molecular weight is 688 g/mol. The smallest absolute Gasteiger partial charge is 0.154 e. The summed E-state index contributed by atoms with van der Waals surface area (Å²) in [5.74, 6) is 1.20. The highest BCUT2D eigenvalue weighted by Crippen LogP contribution is 2.44. The maximum atomic E-state index is 6.89. The van der Waals surface area contributed by atoms with Gasteiger partial charge in [0, 0.05) is 4.47 Å². The van der Waals surface area contributed by atoms with Crippen molar-refractivity contribution in [3.63, 3.8) is 0 Å². The fraction of sp³-hybridized carbons (Fsp3) is 0.0465. The molecule has 0 aliphatic rings. The third-order valence-electron chi connectivity index (χ3n) is 8.87. The molecule has 4 N–H and O–H groups in total. The number of benzene rings is 6. The van der Waals surface area contributed by atoms with Crippen LogP contribution in [0.5, 0.6) is 0 Å². The molecule has 1 aromatic heterocycles. The first-order chi connectivity index (χ1) is 23.6. The zero-order valence-electron chi connectivity index (χ0n) is 26.3. The second-order valence-corrected chi connectivity index (χ2v) is 12.6. The van der Waals surface area contributed by atoms with Crippen LogP contribution in [0.1, 0.15) is 33.4 Å². The molecule has 0 fully saturated rings. The first-order valence-electron chi connectivity index (χ1n) is 16.0. The van der Waals surface area contributed by atoms with Gasteiger partial charge in [-0.25, -0.2) is 4.98 Å². The van der Waals surface area contributed by atoms with Gasteiger partial charge in [-0.3, -0.25) is 0 Å². The largest absolute Gasteiger partial charge is 0.395 e. The van der Waals surface area contributed by atoms with E-state index in [9.17, 15) is 0 Å². The minimum absolute atomic E-state index is 0.512. The zero-order valence-corrected chi connectivity index (χ0v) is 27.9. The number of nitrogens with zero attached hydrogens (tertiary/aromatic N) is 1. The fourth-order valence-corrected chi connectivity index (χ4v) is 7.02. The van der Waals surface area contributed by atoms with Crippen LogP contribution in [0.15, 0.2) is 193 Å². The van der Waals surface area contributed by atoms with Gasteiger partial charge in [0.2, 0.25) is 0 Å². The summed E-state index contributed by atoms with van der Waals surface area (Å²) in [4.78, 5) is 5.28. The molecule has 0 unspecified atom stereocenters. The summed E-state index contributed by atoms with van der Waals surface area (Å²) in [5, 5.41) is 7.81. The summed E-state index contributed by atoms with van der Waals surface area (Å²) in [6, 6.07) is 64.8. The summed E-state index contributed by atoms with van der Waals surface area (Å²) in [7, 11) is 0. The fourth-order valence-electron chi connectivity index (χ4n) is 6.61. The number of aromatic nitrogens is 1. The van der Waals surface area contributed by atoms with Gasteiger partial charge in [0.05, 0.1) is 5.69 Å². The van der Waals surface area contributed by atoms with Crippen molar-refractivity contribution in [1.82, 2.24) is 4.98 Å². The number of halogens is 1. The Morgan fingerprint density at radius 2 is 0.688 bits per heavy atom. The van der Waals surface area contributed by atoms with Crippen LogP contribution in [0.3, 0.4) is 0 Å². The van der Waals surface area contributed by atoms with Gasteiger partial charge in [0.15, 0.2) is 5.82 Å². The second-order valence-electron chi connectivity index (χ2n) is 11.7. The van der Waals surface area contributed by atoms with Crippen molar-refractivity contribution in [2.24, 2.45) is 0 Å². The van der Waals surface area contributed by atoms with E-state index in [4.69, 9.17) is 10.7 Å². The van der Waals surface area contributed by atoms with Crippen molar-refractivity contribution >= 4 is 33.3 Å². The number of hydrogen-bond donors (Lipinski definition) is 3. The lowest BCUT2D eigenvalue weighted by Gasteiger charge is -2.39. The molecule has 0 saturated heterocycles. The Morgan fingerprint density at radius 1 is 0.417 bits per heavy atom. The number of nitrogen functional groups attached to an aromatic ring is 1. The average Bonchev–Trinajstić information content (AvgIpc) is 3.17. The highest BCUT2D eigenvalue weighted by molar-refractivity contribution is 9.10. The van der Waals surface area contributed by atoms with Gasteiger partial charge < -0.3 is 16.4 Å². The van der Waals surface area contributed by atoms with E-state index in [0.717, 1.165) is 37.9 Å². The van der Waals surface area contributed by atoms with Crippen molar-refractivity contribution < 1.29 is 0 Å². The molecule has 1 heterocycles. The number of nitrogens with one attached hydrogen (secondary N) is 2. The van der Waals surface area contributed by atoms with Gasteiger partial charge in [-0.15, -0.1) is 0 Å². The SMILES string of the molecule is Nc1c(Br)cc(NC(c2ccccc2)(c2ccccc2)c2ccccc2)nc1NC(c1ccccc1)(c1ccccc1)c1ccccc1. The Bertz CT molecular complexity index is 1880. The lowest BCUT2D eigenvalue weighted by molar-refractivity contribution is 0.698. The van der Waals surface area contributed by atoms with E-state index in [0.29, 0.717) is 17.3 Å². The second kappa shape index (κ2) is 13.6. The minimum Gasteiger partial charge on any atom is -0.395 e. The Labute approximate surface area is 290 Å². The van der Waals surface area contributed by atoms with Crippen molar-refractivity contribution in [2.75, 3.05) is 16.4 Å². The number of anilines is 3. The topological polar surface area (TPSA) is 63.0 Å². The Balaban J connectivity index is 1.45. The summed E-state index contributed by atoms with van der Waals surface area (Å²) in [6.07, 6.45) is 0. The lowest BCUT2D eigenvalue weighted by atomic mass is 9.77. The molecule has 5 heteroatoms. The third kappa shape index (κ3) is 5.74. The number of rotatable bonds is 10. The molecule has 0 aliphatic carbocycles. The molecule has 7 aromatic rings. The van der Waals surface area contributed by atoms with Gasteiger partial charge >= 0.3 is 0 Å². The number of nitrogens with two attached hydrogens (primary N) is 1. The molecule has 48 heavy (non-hydrogen) atoms.